The highest BCUT2D eigenvalue weighted by Crippen LogP contribution is 2.22. The molecular weight excluding hydrogens is 288 g/mol. The average Bonchev–Trinajstić information content (AvgIpc) is 2.97. The van der Waals surface area contributed by atoms with E-state index in [1.807, 2.05) is 18.2 Å². The SMILES string of the molecule is N#Cc1c(N2CCN(CC=Cc3ccccc3)CC2)n[nH]c1N. The van der Waals surface area contributed by atoms with Gasteiger partial charge in [-0.1, -0.05) is 42.5 Å². The van der Waals surface area contributed by atoms with Crippen molar-refractivity contribution in [3.8, 4) is 6.07 Å². The summed E-state index contributed by atoms with van der Waals surface area (Å²) < 4.78 is 0. The Hall–Kier alpha value is -2.78. The van der Waals surface area contributed by atoms with Gasteiger partial charge in [0.15, 0.2) is 5.82 Å². The second kappa shape index (κ2) is 6.99. The zero-order valence-electron chi connectivity index (χ0n) is 12.9. The highest BCUT2D eigenvalue weighted by Gasteiger charge is 2.22. The van der Waals surface area contributed by atoms with Crippen molar-refractivity contribution < 1.29 is 0 Å². The molecule has 2 aromatic rings. The van der Waals surface area contributed by atoms with Gasteiger partial charge in [-0.2, -0.15) is 10.4 Å². The van der Waals surface area contributed by atoms with Crippen molar-refractivity contribution >= 4 is 17.7 Å². The van der Waals surface area contributed by atoms with Crippen LogP contribution in [0, 0.1) is 11.3 Å². The second-order valence-electron chi connectivity index (χ2n) is 5.55. The van der Waals surface area contributed by atoms with E-state index in [4.69, 9.17) is 11.0 Å². The van der Waals surface area contributed by atoms with Gasteiger partial charge in [0.2, 0.25) is 0 Å². The fourth-order valence-corrected chi connectivity index (χ4v) is 2.73. The third kappa shape index (κ3) is 3.52. The number of nitrogens with two attached hydrogens (primary N) is 1. The minimum Gasteiger partial charge on any atom is -0.383 e. The van der Waals surface area contributed by atoms with Gasteiger partial charge in [-0.05, 0) is 5.56 Å². The van der Waals surface area contributed by atoms with Crippen molar-refractivity contribution in [3.63, 3.8) is 0 Å². The Morgan fingerprint density at radius 1 is 1.22 bits per heavy atom. The summed E-state index contributed by atoms with van der Waals surface area (Å²) in [6, 6.07) is 12.4. The van der Waals surface area contributed by atoms with E-state index in [1.54, 1.807) is 0 Å². The van der Waals surface area contributed by atoms with Gasteiger partial charge in [0.1, 0.15) is 17.5 Å². The summed E-state index contributed by atoms with van der Waals surface area (Å²) >= 11 is 0. The number of nitrogens with zero attached hydrogens (tertiary/aromatic N) is 4. The molecule has 3 rings (SSSR count). The van der Waals surface area contributed by atoms with Crippen LogP contribution in [-0.2, 0) is 0 Å². The topological polar surface area (TPSA) is 85.0 Å². The number of aromatic nitrogens is 2. The van der Waals surface area contributed by atoms with E-state index in [1.165, 1.54) is 5.56 Å². The molecule has 6 nitrogen and oxygen atoms in total. The molecule has 118 valence electrons. The van der Waals surface area contributed by atoms with Crippen LogP contribution in [0.1, 0.15) is 11.1 Å². The van der Waals surface area contributed by atoms with Gasteiger partial charge in [0.05, 0.1) is 0 Å². The number of hydrogen-bond acceptors (Lipinski definition) is 5. The Bertz CT molecular complexity index is 704. The molecule has 2 heterocycles. The van der Waals surface area contributed by atoms with Crippen molar-refractivity contribution in [2.75, 3.05) is 43.4 Å². The number of anilines is 2. The number of piperazine rings is 1. The van der Waals surface area contributed by atoms with E-state index in [-0.39, 0.29) is 0 Å². The van der Waals surface area contributed by atoms with Crippen LogP contribution in [-0.4, -0.2) is 47.8 Å². The van der Waals surface area contributed by atoms with Crippen LogP contribution in [0.5, 0.6) is 0 Å². The van der Waals surface area contributed by atoms with Crippen LogP contribution < -0.4 is 10.6 Å². The van der Waals surface area contributed by atoms with Crippen LogP contribution in [0.3, 0.4) is 0 Å². The van der Waals surface area contributed by atoms with Crippen molar-refractivity contribution in [2.24, 2.45) is 0 Å². The summed E-state index contributed by atoms with van der Waals surface area (Å²) in [5, 5.41) is 16.0. The molecule has 1 aliphatic heterocycles. The maximum absolute atomic E-state index is 9.16. The maximum atomic E-state index is 9.16. The molecule has 0 spiro atoms. The molecule has 0 atom stereocenters. The molecule has 0 saturated carbocycles. The zero-order chi connectivity index (χ0) is 16.1. The number of H-pyrrole nitrogens is 1. The molecule has 0 radical (unpaired) electrons. The molecule has 0 unspecified atom stereocenters. The summed E-state index contributed by atoms with van der Waals surface area (Å²) in [7, 11) is 0. The number of nitrogens with one attached hydrogen (secondary N) is 1. The van der Waals surface area contributed by atoms with E-state index in [0.29, 0.717) is 17.2 Å². The first-order valence-electron chi connectivity index (χ1n) is 7.71. The molecule has 0 aliphatic carbocycles. The maximum Gasteiger partial charge on any atom is 0.170 e. The van der Waals surface area contributed by atoms with Gasteiger partial charge in [-0.25, -0.2) is 0 Å². The van der Waals surface area contributed by atoms with Gasteiger partial charge in [0, 0.05) is 32.7 Å². The van der Waals surface area contributed by atoms with Gasteiger partial charge in [-0.15, -0.1) is 0 Å². The molecule has 3 N–H and O–H groups in total. The Morgan fingerprint density at radius 3 is 2.65 bits per heavy atom. The summed E-state index contributed by atoms with van der Waals surface area (Å²) in [6.07, 6.45) is 4.34. The molecule has 23 heavy (non-hydrogen) atoms. The third-order valence-corrected chi connectivity index (χ3v) is 4.03. The van der Waals surface area contributed by atoms with Crippen LogP contribution in [0.25, 0.3) is 6.08 Å². The molecule has 6 heteroatoms. The Labute approximate surface area is 135 Å². The van der Waals surface area contributed by atoms with Crippen LogP contribution in [0.2, 0.25) is 0 Å². The van der Waals surface area contributed by atoms with E-state index in [9.17, 15) is 0 Å². The molecule has 1 aromatic heterocycles. The standard InChI is InChI=1S/C17H20N6/c18-13-15-16(19)20-21-17(15)23-11-9-22(10-12-23)8-4-7-14-5-2-1-3-6-14/h1-7H,8-12H2,(H3,19,20,21). The Morgan fingerprint density at radius 2 is 1.96 bits per heavy atom. The fraction of sp³-hybridized carbons (Fsp3) is 0.294. The molecule has 1 aliphatic rings. The lowest BCUT2D eigenvalue weighted by Gasteiger charge is -2.34. The first-order valence-corrected chi connectivity index (χ1v) is 7.71. The van der Waals surface area contributed by atoms with E-state index < -0.39 is 0 Å². The van der Waals surface area contributed by atoms with Crippen molar-refractivity contribution in [1.29, 1.82) is 5.26 Å². The number of nitrogen functional groups attached to an aromatic ring is 1. The fourth-order valence-electron chi connectivity index (χ4n) is 2.73. The van der Waals surface area contributed by atoms with E-state index in [2.05, 4.69) is 50.4 Å². The highest BCUT2D eigenvalue weighted by molar-refractivity contribution is 5.64. The smallest absolute Gasteiger partial charge is 0.170 e. The summed E-state index contributed by atoms with van der Waals surface area (Å²) in [5.74, 6) is 1.01. The van der Waals surface area contributed by atoms with Crippen LogP contribution in [0.4, 0.5) is 11.6 Å². The highest BCUT2D eigenvalue weighted by atomic mass is 15.3. The summed E-state index contributed by atoms with van der Waals surface area (Å²) in [6.45, 7) is 4.50. The first kappa shape index (κ1) is 15.1. The number of rotatable bonds is 4. The molecule has 1 aromatic carbocycles. The average molecular weight is 308 g/mol. The molecule has 1 saturated heterocycles. The number of nitriles is 1. The molecular formula is C17H20N6. The first-order chi connectivity index (χ1) is 11.3. The van der Waals surface area contributed by atoms with Crippen molar-refractivity contribution in [1.82, 2.24) is 15.1 Å². The van der Waals surface area contributed by atoms with Crippen molar-refractivity contribution in [2.45, 2.75) is 0 Å². The largest absolute Gasteiger partial charge is 0.383 e. The summed E-state index contributed by atoms with van der Waals surface area (Å²) in [5.41, 5.74) is 7.39. The zero-order valence-corrected chi connectivity index (χ0v) is 12.9. The Balaban J connectivity index is 1.53. The molecule has 1 fully saturated rings. The molecule has 0 amide bonds. The van der Waals surface area contributed by atoms with Gasteiger partial charge in [-0.3, -0.25) is 10.00 Å². The normalized spacial score (nSPS) is 15.9. The van der Waals surface area contributed by atoms with Crippen LogP contribution >= 0.6 is 0 Å². The summed E-state index contributed by atoms with van der Waals surface area (Å²) in [4.78, 5) is 4.50. The number of benzene rings is 1. The van der Waals surface area contributed by atoms with E-state index >= 15 is 0 Å². The van der Waals surface area contributed by atoms with Gasteiger partial charge >= 0.3 is 0 Å². The van der Waals surface area contributed by atoms with E-state index in [0.717, 1.165) is 32.7 Å². The quantitative estimate of drug-likeness (QED) is 0.898. The van der Waals surface area contributed by atoms with Crippen LogP contribution in [0.15, 0.2) is 36.4 Å². The predicted octanol–water partition coefficient (Wildman–Crippen LogP) is 1.70. The third-order valence-electron chi connectivity index (χ3n) is 4.03. The predicted molar refractivity (Wildman–Crippen MR) is 91.8 cm³/mol. The molecule has 0 bridgehead atoms. The monoisotopic (exact) mass is 308 g/mol. The minimum atomic E-state index is 0.343. The lowest BCUT2D eigenvalue weighted by atomic mass is 10.2. The van der Waals surface area contributed by atoms with Crippen molar-refractivity contribution in [3.05, 3.63) is 47.5 Å². The lowest BCUT2D eigenvalue weighted by Crippen LogP contribution is -2.46. The number of hydrogen-bond donors (Lipinski definition) is 2. The second-order valence-corrected chi connectivity index (χ2v) is 5.55. The van der Waals surface area contributed by atoms with Gasteiger partial charge in [0.25, 0.3) is 0 Å². The van der Waals surface area contributed by atoms with Gasteiger partial charge < -0.3 is 10.6 Å². The lowest BCUT2D eigenvalue weighted by molar-refractivity contribution is 0.283. The minimum absolute atomic E-state index is 0.343. The Kier molecular flexibility index (Phi) is 4.60. The number of aromatic amines is 1.